The van der Waals surface area contributed by atoms with Gasteiger partial charge in [0.2, 0.25) is 5.88 Å². The normalized spacial score (nSPS) is 16.4. The number of halogens is 1. The Morgan fingerprint density at radius 1 is 1.50 bits per heavy atom. The zero-order valence-electron chi connectivity index (χ0n) is 12.3. The van der Waals surface area contributed by atoms with Crippen LogP contribution in [0.2, 0.25) is 0 Å². The minimum absolute atomic E-state index is 0.0150. The number of methoxy groups -OCH3 is 1. The van der Waals surface area contributed by atoms with Crippen LogP contribution < -0.4 is 10.5 Å². The van der Waals surface area contributed by atoms with Crippen molar-refractivity contribution in [3.63, 3.8) is 0 Å². The van der Waals surface area contributed by atoms with E-state index >= 15 is 0 Å². The first-order valence-corrected chi connectivity index (χ1v) is 7.68. The Bertz CT molecular complexity index is 559. The first-order valence-electron chi connectivity index (χ1n) is 6.88. The Kier molecular flexibility index (Phi) is 6.14. The Balaban J connectivity index is 1.90. The summed E-state index contributed by atoms with van der Waals surface area (Å²) >= 11 is 3.30. The number of aromatic nitrogens is 1. The van der Waals surface area contributed by atoms with Crippen LogP contribution in [0.4, 0.5) is 0 Å². The molecule has 120 valence electrons. The average molecular weight is 372 g/mol. The number of hydrogen-bond donors (Lipinski definition) is 1. The summed E-state index contributed by atoms with van der Waals surface area (Å²) in [6.45, 7) is 1.13. The number of nitrogens with zero attached hydrogens (tertiary/aromatic N) is 2. The maximum atomic E-state index is 11.9. The molecule has 2 N–H and O–H groups in total. The number of nitrogens with two attached hydrogens (primary N) is 1. The second-order valence-electron chi connectivity index (χ2n) is 4.79. The average Bonchev–Trinajstić information content (AvgIpc) is 2.55. The van der Waals surface area contributed by atoms with Gasteiger partial charge >= 0.3 is 0 Å². The fourth-order valence-corrected chi connectivity index (χ4v) is 2.44. The van der Waals surface area contributed by atoms with Gasteiger partial charge in [0.05, 0.1) is 11.6 Å². The third-order valence-corrected chi connectivity index (χ3v) is 3.92. The van der Waals surface area contributed by atoms with Gasteiger partial charge in [0.1, 0.15) is 5.69 Å². The monoisotopic (exact) mass is 371 g/mol. The third kappa shape index (κ3) is 4.41. The van der Waals surface area contributed by atoms with Gasteiger partial charge in [-0.05, 0) is 40.9 Å². The molecule has 0 aromatic carbocycles. The maximum absolute atomic E-state index is 11.9. The van der Waals surface area contributed by atoms with E-state index in [0.717, 1.165) is 12.8 Å². The van der Waals surface area contributed by atoms with E-state index in [4.69, 9.17) is 20.0 Å². The lowest BCUT2D eigenvalue weighted by Crippen LogP contribution is -2.26. The number of Topliss-reactive ketones (excluding diaryl/α,β-unsaturated/α-hetero) is 1. The quantitative estimate of drug-likeness (QED) is 0.462. The predicted octanol–water partition coefficient (Wildman–Crippen LogP) is 1.49. The number of carbonyl (C=O) groups excluding carboxylic acids is 1. The highest BCUT2D eigenvalue weighted by atomic mass is 79.9. The maximum Gasteiger partial charge on any atom is 0.228 e. The van der Waals surface area contributed by atoms with Crippen molar-refractivity contribution in [3.05, 3.63) is 22.3 Å². The van der Waals surface area contributed by atoms with Crippen molar-refractivity contribution in [2.45, 2.75) is 12.8 Å². The second kappa shape index (κ2) is 8.09. The molecule has 1 aromatic rings. The lowest BCUT2D eigenvalue weighted by molar-refractivity contribution is -0.130. The van der Waals surface area contributed by atoms with Crippen molar-refractivity contribution < 1.29 is 19.1 Å². The van der Waals surface area contributed by atoms with Gasteiger partial charge in [-0.3, -0.25) is 4.79 Å². The molecule has 0 unspecified atom stereocenters. The van der Waals surface area contributed by atoms with E-state index in [1.807, 2.05) is 0 Å². The molecule has 0 saturated carbocycles. The molecule has 2 heterocycles. The lowest BCUT2D eigenvalue weighted by atomic mass is 9.96. The largest absolute Gasteiger partial charge is 0.480 e. The lowest BCUT2D eigenvalue weighted by Gasteiger charge is -2.19. The van der Waals surface area contributed by atoms with E-state index in [1.54, 1.807) is 12.1 Å². The van der Waals surface area contributed by atoms with Crippen molar-refractivity contribution in [1.29, 1.82) is 0 Å². The topological polar surface area (TPSA) is 96.0 Å². The molecule has 22 heavy (non-hydrogen) atoms. The fraction of sp³-hybridized carbons (Fsp3) is 0.500. The van der Waals surface area contributed by atoms with E-state index in [-0.39, 0.29) is 24.1 Å². The van der Waals surface area contributed by atoms with Gasteiger partial charge in [-0.2, -0.15) is 0 Å². The van der Waals surface area contributed by atoms with Crippen molar-refractivity contribution in [2.24, 2.45) is 16.8 Å². The molecule has 0 spiro atoms. The minimum Gasteiger partial charge on any atom is -0.480 e. The summed E-state index contributed by atoms with van der Waals surface area (Å²) < 4.78 is 11.0. The van der Waals surface area contributed by atoms with Gasteiger partial charge in [-0.25, -0.2) is 4.98 Å². The van der Waals surface area contributed by atoms with Crippen molar-refractivity contribution in [2.75, 3.05) is 26.9 Å². The van der Waals surface area contributed by atoms with E-state index < -0.39 is 0 Å². The Morgan fingerprint density at radius 3 is 2.91 bits per heavy atom. The molecule has 2 rings (SSSR count). The number of ether oxygens (including phenoxy) is 2. The number of pyridine rings is 1. The molecule has 0 bridgehead atoms. The smallest absolute Gasteiger partial charge is 0.228 e. The summed E-state index contributed by atoms with van der Waals surface area (Å²) in [6.07, 6.45) is 1.46. The molecule has 1 aromatic heterocycles. The van der Waals surface area contributed by atoms with Gasteiger partial charge in [0, 0.05) is 19.1 Å². The molecular weight excluding hydrogens is 354 g/mol. The first-order chi connectivity index (χ1) is 10.6. The molecule has 1 aliphatic rings. The van der Waals surface area contributed by atoms with E-state index in [0.29, 0.717) is 29.3 Å². The van der Waals surface area contributed by atoms with Crippen molar-refractivity contribution in [1.82, 2.24) is 4.98 Å². The highest BCUT2D eigenvalue weighted by Crippen LogP contribution is 2.21. The van der Waals surface area contributed by atoms with Crippen LogP contribution in [-0.4, -0.2) is 43.5 Å². The number of hydrogen-bond acceptors (Lipinski definition) is 6. The summed E-state index contributed by atoms with van der Waals surface area (Å²) in [4.78, 5) is 21.1. The van der Waals surface area contributed by atoms with Crippen molar-refractivity contribution >= 4 is 27.5 Å². The van der Waals surface area contributed by atoms with E-state index in [2.05, 4.69) is 26.1 Å². The van der Waals surface area contributed by atoms with Crippen LogP contribution in [0.25, 0.3) is 0 Å². The summed E-state index contributed by atoms with van der Waals surface area (Å²) in [7, 11) is 1.51. The zero-order valence-corrected chi connectivity index (χ0v) is 13.8. The van der Waals surface area contributed by atoms with Crippen LogP contribution in [0, 0.1) is 5.92 Å². The molecule has 1 fully saturated rings. The van der Waals surface area contributed by atoms with Crippen LogP contribution in [-0.2, 0) is 14.4 Å². The highest BCUT2D eigenvalue weighted by molar-refractivity contribution is 9.10. The molecule has 7 nitrogen and oxygen atoms in total. The highest BCUT2D eigenvalue weighted by Gasteiger charge is 2.21. The number of amidine groups is 1. The van der Waals surface area contributed by atoms with Gasteiger partial charge in [-0.1, -0.05) is 5.16 Å². The molecule has 0 amide bonds. The third-order valence-electron chi connectivity index (χ3n) is 3.32. The molecule has 0 atom stereocenters. The van der Waals surface area contributed by atoms with Gasteiger partial charge in [0.25, 0.3) is 0 Å². The van der Waals surface area contributed by atoms with Crippen LogP contribution >= 0.6 is 15.9 Å². The SMILES string of the molecule is COc1nc(/C(N)=N/OCC(=O)C2CCOCC2)ccc1Br. The Labute approximate surface area is 136 Å². The van der Waals surface area contributed by atoms with Gasteiger partial charge < -0.3 is 20.0 Å². The zero-order chi connectivity index (χ0) is 15.9. The fourth-order valence-electron chi connectivity index (χ4n) is 2.06. The number of carbonyl (C=O) groups is 1. The Hall–Kier alpha value is -1.67. The number of rotatable bonds is 6. The van der Waals surface area contributed by atoms with Crippen molar-refractivity contribution in [3.8, 4) is 5.88 Å². The predicted molar refractivity (Wildman–Crippen MR) is 83.7 cm³/mol. The molecule has 0 aliphatic carbocycles. The van der Waals surface area contributed by atoms with Gasteiger partial charge in [0.15, 0.2) is 18.2 Å². The number of ketones is 1. The summed E-state index contributed by atoms with van der Waals surface area (Å²) in [5.41, 5.74) is 6.21. The summed E-state index contributed by atoms with van der Waals surface area (Å²) in [5.74, 6) is 0.483. The van der Waals surface area contributed by atoms with Crippen LogP contribution in [0.5, 0.6) is 5.88 Å². The molecule has 8 heteroatoms. The summed E-state index contributed by atoms with van der Waals surface area (Å²) in [6, 6.07) is 3.42. The van der Waals surface area contributed by atoms with Crippen LogP contribution in [0.3, 0.4) is 0 Å². The summed E-state index contributed by atoms with van der Waals surface area (Å²) in [5, 5.41) is 3.74. The second-order valence-corrected chi connectivity index (χ2v) is 5.64. The molecular formula is C14H18BrN3O4. The standard InChI is InChI=1S/C14H18BrN3O4/c1-20-14-10(15)2-3-11(17-14)13(16)18-22-8-12(19)9-4-6-21-7-5-9/h2-3,9H,4-8H2,1H3,(H2,16,18). The number of oxime groups is 1. The first kappa shape index (κ1) is 16.7. The molecule has 0 radical (unpaired) electrons. The van der Waals surface area contributed by atoms with Gasteiger partial charge in [-0.15, -0.1) is 0 Å². The molecule has 1 saturated heterocycles. The van der Waals surface area contributed by atoms with Crippen LogP contribution in [0.15, 0.2) is 21.8 Å². The van der Waals surface area contributed by atoms with E-state index in [1.165, 1.54) is 7.11 Å². The minimum atomic E-state index is -0.0982. The van der Waals surface area contributed by atoms with Crippen LogP contribution in [0.1, 0.15) is 18.5 Å². The van der Waals surface area contributed by atoms with E-state index in [9.17, 15) is 4.79 Å². The Morgan fingerprint density at radius 2 is 2.23 bits per heavy atom. The molecule has 1 aliphatic heterocycles.